The minimum absolute atomic E-state index is 0.140. The Hall–Kier alpha value is -1.27. The van der Waals surface area contributed by atoms with E-state index in [1.807, 2.05) is 0 Å². The lowest BCUT2D eigenvalue weighted by Gasteiger charge is -2.17. The van der Waals surface area contributed by atoms with E-state index in [1.54, 1.807) is 19.2 Å². The van der Waals surface area contributed by atoms with Gasteiger partial charge in [-0.2, -0.15) is 0 Å². The van der Waals surface area contributed by atoms with Gasteiger partial charge in [-0.15, -0.1) is 0 Å². The van der Waals surface area contributed by atoms with Gasteiger partial charge in [-0.1, -0.05) is 6.07 Å². The molecule has 1 aromatic rings. The SMILES string of the molecule is CNC(CCOCC(F)F)c1ccc(OC)cc1F. The van der Waals surface area contributed by atoms with Crippen LogP contribution in [0.1, 0.15) is 18.0 Å². The zero-order valence-electron chi connectivity index (χ0n) is 11.0. The van der Waals surface area contributed by atoms with E-state index in [2.05, 4.69) is 5.32 Å². The van der Waals surface area contributed by atoms with Crippen LogP contribution in [0.15, 0.2) is 18.2 Å². The summed E-state index contributed by atoms with van der Waals surface area (Å²) in [7, 11) is 3.14. The summed E-state index contributed by atoms with van der Waals surface area (Å²) in [4.78, 5) is 0. The van der Waals surface area contributed by atoms with Gasteiger partial charge < -0.3 is 14.8 Å². The fourth-order valence-electron chi connectivity index (χ4n) is 1.75. The smallest absolute Gasteiger partial charge is 0.261 e. The lowest BCUT2D eigenvalue weighted by atomic mass is 10.0. The molecule has 1 rings (SSSR count). The third-order valence-corrected chi connectivity index (χ3v) is 2.73. The summed E-state index contributed by atoms with van der Waals surface area (Å²) in [6, 6.07) is 4.27. The second kappa shape index (κ2) is 8.01. The summed E-state index contributed by atoms with van der Waals surface area (Å²) in [6.07, 6.45) is -2.07. The van der Waals surface area contributed by atoms with Crippen molar-refractivity contribution >= 4 is 0 Å². The number of benzene rings is 1. The topological polar surface area (TPSA) is 30.5 Å². The van der Waals surface area contributed by atoms with Crippen molar-refractivity contribution < 1.29 is 22.6 Å². The van der Waals surface area contributed by atoms with Gasteiger partial charge in [-0.05, 0) is 19.5 Å². The molecule has 108 valence electrons. The van der Waals surface area contributed by atoms with E-state index in [0.717, 1.165) is 0 Å². The molecule has 0 bridgehead atoms. The van der Waals surface area contributed by atoms with Crippen LogP contribution in [-0.2, 0) is 4.74 Å². The van der Waals surface area contributed by atoms with Gasteiger partial charge >= 0.3 is 0 Å². The molecule has 1 aromatic carbocycles. The maximum atomic E-state index is 13.8. The predicted octanol–water partition coefficient (Wildman–Crippen LogP) is 2.77. The van der Waals surface area contributed by atoms with Crippen LogP contribution >= 0.6 is 0 Å². The van der Waals surface area contributed by atoms with Crippen LogP contribution in [0.2, 0.25) is 0 Å². The normalized spacial score (nSPS) is 12.7. The number of halogens is 3. The Morgan fingerprint density at radius 2 is 2.05 bits per heavy atom. The summed E-state index contributed by atoms with van der Waals surface area (Å²) in [6.45, 7) is -0.456. The van der Waals surface area contributed by atoms with Crippen LogP contribution in [0.25, 0.3) is 0 Å². The Labute approximate surface area is 110 Å². The van der Waals surface area contributed by atoms with Crippen molar-refractivity contribution in [2.24, 2.45) is 0 Å². The first-order valence-electron chi connectivity index (χ1n) is 5.95. The summed E-state index contributed by atoms with van der Waals surface area (Å²) < 4.78 is 47.3. The van der Waals surface area contributed by atoms with Gasteiger partial charge in [0.2, 0.25) is 0 Å². The maximum Gasteiger partial charge on any atom is 0.261 e. The second-order valence-corrected chi connectivity index (χ2v) is 3.98. The zero-order valence-corrected chi connectivity index (χ0v) is 11.0. The number of rotatable bonds is 8. The molecule has 0 radical (unpaired) electrons. The molecule has 19 heavy (non-hydrogen) atoms. The average molecular weight is 277 g/mol. The van der Waals surface area contributed by atoms with Crippen molar-refractivity contribution in [1.82, 2.24) is 5.32 Å². The third kappa shape index (κ3) is 5.08. The molecule has 0 fully saturated rings. The van der Waals surface area contributed by atoms with Gasteiger partial charge in [-0.25, -0.2) is 13.2 Å². The lowest BCUT2D eigenvalue weighted by Crippen LogP contribution is -2.20. The highest BCUT2D eigenvalue weighted by Crippen LogP contribution is 2.23. The van der Waals surface area contributed by atoms with Gasteiger partial charge in [0, 0.05) is 24.3 Å². The first-order chi connectivity index (χ1) is 9.08. The van der Waals surface area contributed by atoms with Crippen LogP contribution in [0.4, 0.5) is 13.2 Å². The highest BCUT2D eigenvalue weighted by atomic mass is 19.3. The zero-order chi connectivity index (χ0) is 14.3. The van der Waals surface area contributed by atoms with Gasteiger partial charge in [0.15, 0.2) is 0 Å². The van der Waals surface area contributed by atoms with E-state index in [1.165, 1.54) is 13.2 Å². The minimum atomic E-state index is -2.48. The Balaban J connectivity index is 2.59. The number of methoxy groups -OCH3 is 1. The minimum Gasteiger partial charge on any atom is -0.497 e. The molecular weight excluding hydrogens is 259 g/mol. The van der Waals surface area contributed by atoms with Crippen LogP contribution in [0, 0.1) is 5.82 Å². The summed E-state index contributed by atoms with van der Waals surface area (Å²) in [5, 5.41) is 2.94. The van der Waals surface area contributed by atoms with Gasteiger partial charge in [0.05, 0.1) is 7.11 Å². The quantitative estimate of drug-likeness (QED) is 0.741. The molecule has 1 atom stereocenters. The molecule has 0 aliphatic heterocycles. The van der Waals surface area contributed by atoms with E-state index in [4.69, 9.17) is 9.47 Å². The van der Waals surface area contributed by atoms with E-state index < -0.39 is 18.8 Å². The molecule has 0 saturated carbocycles. The number of nitrogens with one attached hydrogen (secondary N) is 1. The molecule has 0 aliphatic carbocycles. The van der Waals surface area contributed by atoms with Gasteiger partial charge in [-0.3, -0.25) is 0 Å². The molecule has 3 nitrogen and oxygen atoms in total. The summed E-state index contributed by atoms with van der Waals surface area (Å²) in [5.74, 6) is 0.0395. The molecule has 1 unspecified atom stereocenters. The lowest BCUT2D eigenvalue weighted by molar-refractivity contribution is 0.0144. The van der Waals surface area contributed by atoms with Crippen molar-refractivity contribution in [3.8, 4) is 5.75 Å². The first-order valence-corrected chi connectivity index (χ1v) is 5.95. The maximum absolute atomic E-state index is 13.8. The van der Waals surface area contributed by atoms with Gasteiger partial charge in [0.1, 0.15) is 18.2 Å². The van der Waals surface area contributed by atoms with Crippen LogP contribution < -0.4 is 10.1 Å². The highest BCUT2D eigenvalue weighted by molar-refractivity contribution is 5.30. The van der Waals surface area contributed by atoms with Crippen molar-refractivity contribution in [3.63, 3.8) is 0 Å². The number of ether oxygens (including phenoxy) is 2. The Kier molecular flexibility index (Phi) is 6.66. The highest BCUT2D eigenvalue weighted by Gasteiger charge is 2.15. The summed E-state index contributed by atoms with van der Waals surface area (Å²) >= 11 is 0. The van der Waals surface area contributed by atoms with Crippen LogP contribution in [0.5, 0.6) is 5.75 Å². The molecular formula is C13H18F3NO2. The van der Waals surface area contributed by atoms with E-state index in [9.17, 15) is 13.2 Å². The number of hydrogen-bond donors (Lipinski definition) is 1. The number of alkyl halides is 2. The van der Waals surface area contributed by atoms with Crippen molar-refractivity contribution in [1.29, 1.82) is 0 Å². The van der Waals surface area contributed by atoms with Crippen LogP contribution in [-0.4, -0.2) is 33.8 Å². The third-order valence-electron chi connectivity index (χ3n) is 2.73. The van der Waals surface area contributed by atoms with Crippen molar-refractivity contribution in [2.45, 2.75) is 18.9 Å². The Morgan fingerprint density at radius 3 is 2.58 bits per heavy atom. The van der Waals surface area contributed by atoms with Crippen LogP contribution in [0.3, 0.4) is 0 Å². The van der Waals surface area contributed by atoms with Gasteiger partial charge in [0.25, 0.3) is 6.43 Å². The standard InChI is InChI=1S/C13H18F3NO2/c1-17-12(5-6-19-8-13(15)16)10-4-3-9(18-2)7-11(10)14/h3-4,7,12-13,17H,5-6,8H2,1-2H3. The van der Waals surface area contributed by atoms with E-state index in [0.29, 0.717) is 17.7 Å². The fraction of sp³-hybridized carbons (Fsp3) is 0.538. The summed E-state index contributed by atoms with van der Waals surface area (Å²) in [5.41, 5.74) is 0.462. The van der Waals surface area contributed by atoms with E-state index >= 15 is 0 Å². The molecule has 0 amide bonds. The average Bonchev–Trinajstić information content (AvgIpc) is 2.39. The molecule has 0 heterocycles. The fourth-order valence-corrected chi connectivity index (χ4v) is 1.75. The monoisotopic (exact) mass is 277 g/mol. The Bertz CT molecular complexity index is 388. The molecule has 0 saturated heterocycles. The second-order valence-electron chi connectivity index (χ2n) is 3.98. The molecule has 1 N–H and O–H groups in total. The van der Waals surface area contributed by atoms with Crippen molar-refractivity contribution in [3.05, 3.63) is 29.6 Å². The number of hydrogen-bond acceptors (Lipinski definition) is 3. The largest absolute Gasteiger partial charge is 0.497 e. The van der Waals surface area contributed by atoms with E-state index in [-0.39, 0.29) is 12.6 Å². The molecule has 0 aliphatic rings. The first kappa shape index (κ1) is 15.8. The predicted molar refractivity (Wildman–Crippen MR) is 66.2 cm³/mol. The Morgan fingerprint density at radius 1 is 1.32 bits per heavy atom. The van der Waals surface area contributed by atoms with Crippen molar-refractivity contribution in [2.75, 3.05) is 27.4 Å². The molecule has 0 spiro atoms. The molecule has 6 heteroatoms. The molecule has 0 aromatic heterocycles.